The van der Waals surface area contributed by atoms with E-state index in [-0.39, 0.29) is 0 Å². The van der Waals surface area contributed by atoms with Crippen molar-refractivity contribution in [3.8, 4) is 0 Å². The second-order valence-corrected chi connectivity index (χ2v) is 8.12. The molecule has 0 spiro atoms. The second kappa shape index (κ2) is 4.09. The summed E-state index contributed by atoms with van der Waals surface area (Å²) < 4.78 is 20.0. The third-order valence-electron chi connectivity index (χ3n) is 4.30. The predicted molar refractivity (Wildman–Crippen MR) is 65.4 cm³/mol. The molecule has 3 aliphatic heterocycles. The summed E-state index contributed by atoms with van der Waals surface area (Å²) in [6.07, 6.45) is 6.22. The number of hydrogen-bond donors (Lipinski definition) is 0. The van der Waals surface area contributed by atoms with Gasteiger partial charge >= 0.3 is 0 Å². The van der Waals surface area contributed by atoms with Gasteiger partial charge in [0.1, 0.15) is 0 Å². The van der Waals surface area contributed by atoms with Crippen molar-refractivity contribution in [1.82, 2.24) is 14.0 Å². The molecule has 16 heavy (non-hydrogen) atoms. The zero-order valence-corrected chi connectivity index (χ0v) is 11.0. The predicted octanol–water partition coefficient (Wildman–Crippen LogP) is 1.99. The van der Waals surface area contributed by atoms with Crippen LogP contribution in [-0.2, 0) is 4.57 Å². The Hall–Kier alpha value is 0.110. The third-order valence-corrected chi connectivity index (χ3v) is 7.69. The molecule has 0 amide bonds. The van der Waals surface area contributed by atoms with E-state index in [9.17, 15) is 4.57 Å². The first kappa shape index (κ1) is 11.2. The average molecular weight is 243 g/mol. The standard InChI is InChI=1S/C11H22N3OP/c1-12-10-11-6-5-9-14(11)16(12,15)13-7-3-2-4-8-13/h11H,2-10H2,1H3. The van der Waals surface area contributed by atoms with Crippen molar-refractivity contribution >= 4 is 7.59 Å². The largest absolute Gasteiger partial charge is 0.286 e. The summed E-state index contributed by atoms with van der Waals surface area (Å²) in [5.74, 6) is 0. The number of fused-ring (bicyclic) bond motifs is 1. The van der Waals surface area contributed by atoms with Gasteiger partial charge in [0.15, 0.2) is 0 Å². The number of piperidine rings is 1. The van der Waals surface area contributed by atoms with E-state index in [1.165, 1.54) is 32.1 Å². The molecule has 0 N–H and O–H groups in total. The van der Waals surface area contributed by atoms with Gasteiger partial charge in [-0.3, -0.25) is 4.57 Å². The minimum absolute atomic E-state index is 0.567. The van der Waals surface area contributed by atoms with E-state index >= 15 is 0 Å². The first-order valence-electron chi connectivity index (χ1n) is 6.57. The SMILES string of the molecule is CN1CC2CCCN2P1(=O)N1CCCCC1. The van der Waals surface area contributed by atoms with E-state index in [4.69, 9.17) is 0 Å². The van der Waals surface area contributed by atoms with Gasteiger partial charge in [-0.15, -0.1) is 0 Å². The lowest BCUT2D eigenvalue weighted by Gasteiger charge is -2.38. The van der Waals surface area contributed by atoms with Gasteiger partial charge in [0.25, 0.3) is 7.59 Å². The van der Waals surface area contributed by atoms with E-state index in [0.29, 0.717) is 6.04 Å². The van der Waals surface area contributed by atoms with Crippen LogP contribution < -0.4 is 0 Å². The number of hydrogen-bond acceptors (Lipinski definition) is 1. The minimum atomic E-state index is -2.34. The highest BCUT2D eigenvalue weighted by atomic mass is 31.2. The minimum Gasteiger partial charge on any atom is -0.270 e. The highest BCUT2D eigenvalue weighted by Gasteiger charge is 2.52. The van der Waals surface area contributed by atoms with E-state index < -0.39 is 7.59 Å². The Kier molecular flexibility index (Phi) is 2.87. The van der Waals surface area contributed by atoms with E-state index in [2.05, 4.69) is 14.0 Å². The normalized spacial score (nSPS) is 42.7. The van der Waals surface area contributed by atoms with Crippen LogP contribution in [0.25, 0.3) is 0 Å². The van der Waals surface area contributed by atoms with Gasteiger partial charge in [-0.05, 0) is 32.7 Å². The summed E-state index contributed by atoms with van der Waals surface area (Å²) in [7, 11) is -0.291. The zero-order chi connectivity index (χ0) is 11.2. The van der Waals surface area contributed by atoms with Crippen LogP contribution in [0, 0.1) is 0 Å². The van der Waals surface area contributed by atoms with Crippen molar-refractivity contribution in [3.05, 3.63) is 0 Å². The molecule has 0 aromatic heterocycles. The molecule has 4 nitrogen and oxygen atoms in total. The molecule has 0 aromatic rings. The van der Waals surface area contributed by atoms with Crippen molar-refractivity contribution in [1.29, 1.82) is 0 Å². The Morgan fingerprint density at radius 2 is 1.81 bits per heavy atom. The van der Waals surface area contributed by atoms with Crippen LogP contribution in [0.2, 0.25) is 0 Å². The average Bonchev–Trinajstić information content (AvgIpc) is 2.85. The lowest BCUT2D eigenvalue weighted by Crippen LogP contribution is -2.36. The van der Waals surface area contributed by atoms with Crippen LogP contribution in [0.5, 0.6) is 0 Å². The van der Waals surface area contributed by atoms with Crippen LogP contribution in [-0.4, -0.2) is 53.3 Å². The van der Waals surface area contributed by atoms with Gasteiger partial charge in [0, 0.05) is 32.2 Å². The highest BCUT2D eigenvalue weighted by Crippen LogP contribution is 2.63. The molecule has 0 aromatic carbocycles. The fraction of sp³-hybridized carbons (Fsp3) is 1.00. The second-order valence-electron chi connectivity index (χ2n) is 5.33. The maximum atomic E-state index is 13.3. The first-order chi connectivity index (χ1) is 7.73. The topological polar surface area (TPSA) is 26.8 Å². The summed E-state index contributed by atoms with van der Waals surface area (Å²) in [4.78, 5) is 0. The fourth-order valence-corrected chi connectivity index (χ4v) is 6.84. The molecule has 0 aliphatic carbocycles. The Balaban J connectivity index is 1.86. The van der Waals surface area contributed by atoms with Crippen LogP contribution in [0.15, 0.2) is 0 Å². The van der Waals surface area contributed by atoms with Crippen LogP contribution in [0.3, 0.4) is 0 Å². The summed E-state index contributed by atoms with van der Waals surface area (Å²) in [6.45, 7) is 4.12. The maximum absolute atomic E-state index is 13.3. The van der Waals surface area contributed by atoms with Crippen molar-refractivity contribution in [3.63, 3.8) is 0 Å². The Labute approximate surface area is 98.1 Å². The van der Waals surface area contributed by atoms with Gasteiger partial charge in [0.2, 0.25) is 0 Å². The molecule has 3 aliphatic rings. The van der Waals surface area contributed by atoms with Gasteiger partial charge in [-0.25, -0.2) is 14.0 Å². The molecule has 92 valence electrons. The van der Waals surface area contributed by atoms with Gasteiger partial charge in [-0.2, -0.15) is 0 Å². The lowest BCUT2D eigenvalue weighted by molar-refractivity contribution is 0.297. The maximum Gasteiger partial charge on any atom is 0.286 e. The molecule has 0 saturated carbocycles. The van der Waals surface area contributed by atoms with Crippen molar-refractivity contribution in [2.75, 3.05) is 33.2 Å². The molecule has 2 unspecified atom stereocenters. The van der Waals surface area contributed by atoms with E-state index in [1.807, 2.05) is 7.05 Å². The molecule has 0 radical (unpaired) electrons. The number of nitrogens with zero attached hydrogens (tertiary/aromatic N) is 3. The molecule has 3 heterocycles. The highest BCUT2D eigenvalue weighted by molar-refractivity contribution is 7.56. The molecule has 2 atom stereocenters. The molecule has 3 fully saturated rings. The molecule has 3 saturated heterocycles. The third kappa shape index (κ3) is 1.51. The smallest absolute Gasteiger partial charge is 0.270 e. The summed E-state index contributed by atoms with van der Waals surface area (Å²) in [5, 5.41) is 0. The fourth-order valence-electron chi connectivity index (χ4n) is 3.47. The zero-order valence-electron chi connectivity index (χ0n) is 10.1. The van der Waals surface area contributed by atoms with Crippen molar-refractivity contribution in [2.24, 2.45) is 0 Å². The molecule has 3 rings (SSSR count). The Morgan fingerprint density at radius 3 is 2.56 bits per heavy atom. The van der Waals surface area contributed by atoms with Crippen LogP contribution in [0.1, 0.15) is 32.1 Å². The number of likely N-dealkylation sites (N-methyl/N-ethyl adjacent to an activating group) is 1. The quantitative estimate of drug-likeness (QED) is 0.658. The van der Waals surface area contributed by atoms with Crippen molar-refractivity contribution in [2.45, 2.75) is 38.1 Å². The van der Waals surface area contributed by atoms with Gasteiger partial charge in [0.05, 0.1) is 0 Å². The summed E-state index contributed by atoms with van der Waals surface area (Å²) in [5.41, 5.74) is 0. The molecular weight excluding hydrogens is 221 g/mol. The van der Waals surface area contributed by atoms with Gasteiger partial charge in [-0.1, -0.05) is 6.42 Å². The Morgan fingerprint density at radius 1 is 1.06 bits per heavy atom. The first-order valence-corrected chi connectivity index (χ1v) is 8.13. The van der Waals surface area contributed by atoms with Crippen LogP contribution in [0.4, 0.5) is 0 Å². The number of rotatable bonds is 1. The van der Waals surface area contributed by atoms with Crippen molar-refractivity contribution < 1.29 is 4.57 Å². The van der Waals surface area contributed by atoms with Gasteiger partial charge < -0.3 is 0 Å². The lowest BCUT2D eigenvalue weighted by atomic mass is 10.2. The van der Waals surface area contributed by atoms with Crippen LogP contribution >= 0.6 is 7.59 Å². The molecule has 5 heteroatoms. The monoisotopic (exact) mass is 243 g/mol. The molecule has 0 bridgehead atoms. The van der Waals surface area contributed by atoms with E-state index in [0.717, 1.165) is 26.2 Å². The summed E-state index contributed by atoms with van der Waals surface area (Å²) >= 11 is 0. The Bertz CT molecular complexity index is 316. The van der Waals surface area contributed by atoms with E-state index in [1.54, 1.807) is 0 Å². The molecular formula is C11H22N3OP. The summed E-state index contributed by atoms with van der Waals surface area (Å²) in [6, 6.07) is 0.567.